The van der Waals surface area contributed by atoms with E-state index in [1.165, 1.54) is 0 Å². The molecule has 2 rings (SSSR count). The molecule has 1 N–H and O–H groups in total. The number of benzene rings is 2. The maximum Gasteiger partial charge on any atom is 0.309 e. The van der Waals surface area contributed by atoms with E-state index in [4.69, 9.17) is 10.00 Å². The third-order valence-electron chi connectivity index (χ3n) is 4.75. The highest BCUT2D eigenvalue weighted by Gasteiger charge is 2.28. The van der Waals surface area contributed by atoms with Crippen molar-refractivity contribution in [2.24, 2.45) is 11.8 Å². The number of carbonyl (C=O) groups is 2. The van der Waals surface area contributed by atoms with E-state index in [2.05, 4.69) is 5.32 Å². The summed E-state index contributed by atoms with van der Waals surface area (Å²) in [5, 5.41) is 11.6. The minimum Gasteiger partial charge on any atom is -0.466 e. The molecule has 0 saturated carbocycles. The lowest BCUT2D eigenvalue weighted by atomic mass is 9.85. The first-order valence-corrected chi connectivity index (χ1v) is 10.0. The van der Waals surface area contributed by atoms with Crippen LogP contribution in [0.4, 0.5) is 0 Å². The van der Waals surface area contributed by atoms with Crippen LogP contribution < -0.4 is 5.32 Å². The molecule has 0 aliphatic heterocycles. The number of amides is 1. The first-order valence-electron chi connectivity index (χ1n) is 10.0. The normalized spacial score (nSPS) is 12.4. The van der Waals surface area contributed by atoms with Crippen molar-refractivity contribution in [2.45, 2.75) is 32.6 Å². The first kappa shape index (κ1) is 22.2. The smallest absolute Gasteiger partial charge is 0.309 e. The fourth-order valence-corrected chi connectivity index (χ4v) is 3.33. The molecule has 0 aliphatic rings. The molecule has 0 aromatic heterocycles. The summed E-state index contributed by atoms with van der Waals surface area (Å²) in [6, 6.07) is 21.6. The highest BCUT2D eigenvalue weighted by molar-refractivity contribution is 5.80. The summed E-state index contributed by atoms with van der Waals surface area (Å²) in [6.07, 6.45) is 1.70. The van der Waals surface area contributed by atoms with E-state index in [9.17, 15) is 9.59 Å². The summed E-state index contributed by atoms with van der Waals surface area (Å²) in [4.78, 5) is 25.4. The number of rotatable bonds is 11. The van der Waals surface area contributed by atoms with E-state index < -0.39 is 5.92 Å². The number of esters is 1. The molecule has 0 spiro atoms. The zero-order valence-electron chi connectivity index (χ0n) is 16.8. The monoisotopic (exact) mass is 392 g/mol. The lowest BCUT2D eigenvalue weighted by Crippen LogP contribution is -2.35. The SMILES string of the molecule is CCOC(=O)[C@@H](Cc1ccccc1)C[C@H](Cc1ccccc1)C(=O)NCCC#N. The van der Waals surface area contributed by atoms with Crippen molar-refractivity contribution in [1.82, 2.24) is 5.32 Å². The van der Waals surface area contributed by atoms with Gasteiger partial charge in [0.25, 0.3) is 0 Å². The van der Waals surface area contributed by atoms with Crippen molar-refractivity contribution in [3.63, 3.8) is 0 Å². The highest BCUT2D eigenvalue weighted by atomic mass is 16.5. The summed E-state index contributed by atoms with van der Waals surface area (Å²) in [6.45, 7) is 2.40. The molecule has 0 unspecified atom stereocenters. The molecule has 0 aliphatic carbocycles. The molecule has 2 atom stereocenters. The Hall–Kier alpha value is -3.13. The van der Waals surface area contributed by atoms with Gasteiger partial charge in [-0.25, -0.2) is 0 Å². The van der Waals surface area contributed by atoms with Crippen molar-refractivity contribution >= 4 is 11.9 Å². The molecule has 0 saturated heterocycles. The third kappa shape index (κ3) is 7.79. The summed E-state index contributed by atoms with van der Waals surface area (Å²) < 4.78 is 5.29. The van der Waals surface area contributed by atoms with Gasteiger partial charge in [0.1, 0.15) is 0 Å². The molecule has 0 radical (unpaired) electrons. The van der Waals surface area contributed by atoms with E-state index in [1.807, 2.05) is 66.7 Å². The minimum atomic E-state index is -0.409. The average molecular weight is 392 g/mol. The first-order chi connectivity index (χ1) is 14.1. The van der Waals surface area contributed by atoms with Gasteiger partial charge in [-0.2, -0.15) is 5.26 Å². The van der Waals surface area contributed by atoms with Crippen molar-refractivity contribution in [2.75, 3.05) is 13.2 Å². The number of nitrogens with one attached hydrogen (secondary N) is 1. The maximum absolute atomic E-state index is 12.8. The van der Waals surface area contributed by atoms with Gasteiger partial charge in [0.2, 0.25) is 5.91 Å². The summed E-state index contributed by atoms with van der Waals surface area (Å²) >= 11 is 0. The van der Waals surface area contributed by atoms with Crippen molar-refractivity contribution in [1.29, 1.82) is 5.26 Å². The number of nitriles is 1. The standard InChI is InChI=1S/C24H28N2O3/c1-2-29-24(28)22(17-20-12-7-4-8-13-20)18-21(23(27)26-15-9-14-25)16-19-10-5-3-6-11-19/h3-8,10-13,21-22H,2,9,15-18H2,1H3,(H,26,27)/t21-,22-/m0/s1. The number of ether oxygens (including phenoxy) is 1. The number of hydrogen-bond donors (Lipinski definition) is 1. The molecule has 2 aromatic rings. The van der Waals surface area contributed by atoms with E-state index in [0.29, 0.717) is 32.4 Å². The highest BCUT2D eigenvalue weighted by Crippen LogP contribution is 2.23. The molecule has 0 heterocycles. The van der Waals surface area contributed by atoms with Crippen LogP contribution >= 0.6 is 0 Å². The van der Waals surface area contributed by atoms with Gasteiger partial charge in [-0.15, -0.1) is 0 Å². The van der Waals surface area contributed by atoms with E-state index >= 15 is 0 Å². The van der Waals surface area contributed by atoms with E-state index in [1.54, 1.807) is 6.92 Å². The third-order valence-corrected chi connectivity index (χ3v) is 4.75. The van der Waals surface area contributed by atoms with Gasteiger partial charge in [-0.3, -0.25) is 9.59 Å². The number of hydrogen-bond acceptors (Lipinski definition) is 4. The molecule has 0 fully saturated rings. The van der Waals surface area contributed by atoms with Crippen LogP contribution in [0.25, 0.3) is 0 Å². The van der Waals surface area contributed by atoms with Crippen LogP contribution in [0.1, 0.15) is 30.9 Å². The molecule has 0 bridgehead atoms. The molecule has 2 aromatic carbocycles. The largest absolute Gasteiger partial charge is 0.466 e. The second kappa shape index (κ2) is 12.4. The average Bonchev–Trinajstić information content (AvgIpc) is 2.74. The van der Waals surface area contributed by atoms with Gasteiger partial charge in [0.15, 0.2) is 0 Å². The Bertz CT molecular complexity index is 800. The Kier molecular flexibility index (Phi) is 9.44. The quantitative estimate of drug-likeness (QED) is 0.467. The molecule has 5 nitrogen and oxygen atoms in total. The van der Waals surface area contributed by atoms with E-state index in [0.717, 1.165) is 11.1 Å². The Labute approximate surface area is 172 Å². The molecular formula is C24H28N2O3. The van der Waals surface area contributed by atoms with Gasteiger partial charge < -0.3 is 10.1 Å². The Balaban J connectivity index is 2.18. The van der Waals surface area contributed by atoms with Crippen LogP contribution in [0, 0.1) is 23.2 Å². The van der Waals surface area contributed by atoms with Crippen LogP contribution in [0.5, 0.6) is 0 Å². The predicted molar refractivity (Wildman–Crippen MR) is 112 cm³/mol. The lowest BCUT2D eigenvalue weighted by Gasteiger charge is -2.22. The van der Waals surface area contributed by atoms with Crippen molar-refractivity contribution in [3.05, 3.63) is 71.8 Å². The van der Waals surface area contributed by atoms with Crippen molar-refractivity contribution < 1.29 is 14.3 Å². The fourth-order valence-electron chi connectivity index (χ4n) is 3.33. The zero-order valence-corrected chi connectivity index (χ0v) is 16.8. The van der Waals surface area contributed by atoms with Gasteiger partial charge in [0, 0.05) is 12.5 Å². The predicted octanol–water partition coefficient (Wildman–Crippen LogP) is 3.69. The van der Waals surface area contributed by atoms with Crippen LogP contribution in [-0.2, 0) is 27.2 Å². The molecule has 1 amide bonds. The second-order valence-corrected chi connectivity index (χ2v) is 6.96. The summed E-state index contributed by atoms with van der Waals surface area (Å²) in [7, 11) is 0. The van der Waals surface area contributed by atoms with Crippen LogP contribution in [0.3, 0.4) is 0 Å². The molecule has 152 valence electrons. The molecular weight excluding hydrogens is 364 g/mol. The van der Waals surface area contributed by atoms with Gasteiger partial charge in [0.05, 0.1) is 25.0 Å². The Morgan fingerprint density at radius 1 is 0.966 bits per heavy atom. The van der Waals surface area contributed by atoms with Gasteiger partial charge in [-0.1, -0.05) is 60.7 Å². The summed E-state index contributed by atoms with van der Waals surface area (Å²) in [5.74, 6) is -1.20. The maximum atomic E-state index is 12.8. The number of nitrogens with zero attached hydrogens (tertiary/aromatic N) is 1. The summed E-state index contributed by atoms with van der Waals surface area (Å²) in [5.41, 5.74) is 2.07. The second-order valence-electron chi connectivity index (χ2n) is 6.96. The van der Waals surface area contributed by atoms with Crippen LogP contribution in [0.2, 0.25) is 0 Å². The fraction of sp³-hybridized carbons (Fsp3) is 0.375. The van der Waals surface area contributed by atoms with Crippen LogP contribution in [0.15, 0.2) is 60.7 Å². The number of carbonyl (C=O) groups excluding carboxylic acids is 2. The lowest BCUT2D eigenvalue weighted by molar-refractivity contribution is -0.148. The minimum absolute atomic E-state index is 0.133. The molecule has 29 heavy (non-hydrogen) atoms. The Morgan fingerprint density at radius 3 is 2.03 bits per heavy atom. The molecule has 5 heteroatoms. The topological polar surface area (TPSA) is 79.2 Å². The van der Waals surface area contributed by atoms with Gasteiger partial charge >= 0.3 is 5.97 Å². The Morgan fingerprint density at radius 2 is 1.52 bits per heavy atom. The zero-order chi connectivity index (χ0) is 20.9. The van der Waals surface area contributed by atoms with Gasteiger partial charge in [-0.05, 0) is 37.3 Å². The van der Waals surface area contributed by atoms with E-state index in [-0.39, 0.29) is 24.2 Å². The van der Waals surface area contributed by atoms with Crippen LogP contribution in [-0.4, -0.2) is 25.0 Å². The van der Waals surface area contributed by atoms with Crippen molar-refractivity contribution in [3.8, 4) is 6.07 Å².